The fourth-order valence-electron chi connectivity index (χ4n) is 2.17. The first-order valence-corrected chi connectivity index (χ1v) is 7.12. The maximum absolute atomic E-state index is 11.9. The molecule has 0 amide bonds. The average molecular weight is 257 g/mol. The van der Waals surface area contributed by atoms with Crippen LogP contribution in [0.4, 0.5) is 0 Å². The molecule has 0 heterocycles. The minimum atomic E-state index is -0.718. The first kappa shape index (κ1) is 15.4. The Kier molecular flexibility index (Phi) is 6.65. The second-order valence-electron chi connectivity index (χ2n) is 5.22. The summed E-state index contributed by atoms with van der Waals surface area (Å²) in [5.74, 6) is 0.619. The van der Waals surface area contributed by atoms with Crippen molar-refractivity contribution in [3.8, 4) is 0 Å². The first-order chi connectivity index (χ1) is 8.62. The molecule has 1 aliphatic carbocycles. The van der Waals surface area contributed by atoms with E-state index in [1.165, 1.54) is 19.3 Å². The van der Waals surface area contributed by atoms with Gasteiger partial charge in [0.15, 0.2) is 0 Å². The number of carbonyl (C=O) groups excluding carboxylic acids is 1. The van der Waals surface area contributed by atoms with Crippen LogP contribution in [0.25, 0.3) is 0 Å². The van der Waals surface area contributed by atoms with Crippen LogP contribution in [0.3, 0.4) is 0 Å². The Morgan fingerprint density at radius 1 is 1.39 bits per heavy atom. The minimum Gasteiger partial charge on any atom is -0.465 e. The van der Waals surface area contributed by atoms with E-state index in [0.717, 1.165) is 25.5 Å². The lowest BCUT2D eigenvalue weighted by Gasteiger charge is -2.29. The van der Waals surface area contributed by atoms with Gasteiger partial charge in [-0.3, -0.25) is 0 Å². The zero-order valence-electron chi connectivity index (χ0n) is 12.0. The largest absolute Gasteiger partial charge is 0.465 e. The standard InChI is InChI=1S/C14H27NO3/c1-4-15-14(3,13(16)18-5-2)11-17-10-9-12-7-6-8-12/h12,15H,4-11H2,1-3H3. The van der Waals surface area contributed by atoms with Gasteiger partial charge in [-0.1, -0.05) is 26.2 Å². The molecule has 0 aromatic heterocycles. The van der Waals surface area contributed by atoms with Crippen molar-refractivity contribution in [3.05, 3.63) is 0 Å². The lowest BCUT2D eigenvalue weighted by molar-refractivity contribution is -0.153. The van der Waals surface area contributed by atoms with Crippen LogP contribution in [0.2, 0.25) is 0 Å². The summed E-state index contributed by atoms with van der Waals surface area (Å²) in [4.78, 5) is 11.9. The number of carbonyl (C=O) groups is 1. The van der Waals surface area contributed by atoms with E-state index in [4.69, 9.17) is 9.47 Å². The molecule has 0 spiro atoms. The highest BCUT2D eigenvalue weighted by atomic mass is 16.5. The van der Waals surface area contributed by atoms with Gasteiger partial charge in [0.2, 0.25) is 0 Å². The summed E-state index contributed by atoms with van der Waals surface area (Å²) >= 11 is 0. The lowest BCUT2D eigenvalue weighted by atomic mass is 9.83. The molecule has 0 aromatic rings. The monoisotopic (exact) mass is 257 g/mol. The van der Waals surface area contributed by atoms with Crippen LogP contribution in [0, 0.1) is 5.92 Å². The Morgan fingerprint density at radius 2 is 2.11 bits per heavy atom. The van der Waals surface area contributed by atoms with Crippen LogP contribution in [0.5, 0.6) is 0 Å². The molecule has 0 bridgehead atoms. The molecule has 0 radical (unpaired) electrons. The Bertz CT molecular complexity index is 253. The summed E-state index contributed by atoms with van der Waals surface area (Å²) in [6, 6.07) is 0. The van der Waals surface area contributed by atoms with Gasteiger partial charge in [-0.2, -0.15) is 0 Å². The van der Waals surface area contributed by atoms with Crippen LogP contribution < -0.4 is 5.32 Å². The van der Waals surface area contributed by atoms with Gasteiger partial charge >= 0.3 is 5.97 Å². The Labute approximate surface area is 110 Å². The highest BCUT2D eigenvalue weighted by molar-refractivity contribution is 5.80. The van der Waals surface area contributed by atoms with Gasteiger partial charge in [0, 0.05) is 6.61 Å². The number of hydrogen-bond acceptors (Lipinski definition) is 4. The molecule has 1 saturated carbocycles. The third-order valence-electron chi connectivity index (χ3n) is 3.58. The fraction of sp³-hybridized carbons (Fsp3) is 0.929. The molecule has 1 N–H and O–H groups in total. The number of ether oxygens (including phenoxy) is 2. The number of esters is 1. The van der Waals surface area contributed by atoms with Crippen molar-refractivity contribution in [2.24, 2.45) is 5.92 Å². The van der Waals surface area contributed by atoms with Gasteiger partial charge < -0.3 is 14.8 Å². The van der Waals surface area contributed by atoms with Crippen molar-refractivity contribution in [2.75, 3.05) is 26.4 Å². The number of likely N-dealkylation sites (N-methyl/N-ethyl adjacent to an activating group) is 1. The summed E-state index contributed by atoms with van der Waals surface area (Å²) < 4.78 is 10.8. The molecule has 1 rings (SSSR count). The van der Waals surface area contributed by atoms with E-state index >= 15 is 0 Å². The predicted octanol–water partition coefficient (Wildman–Crippen LogP) is 2.12. The summed E-state index contributed by atoms with van der Waals surface area (Å²) in [7, 11) is 0. The van der Waals surface area contributed by atoms with Gasteiger partial charge in [0.1, 0.15) is 5.54 Å². The number of nitrogens with one attached hydrogen (secondary N) is 1. The zero-order valence-corrected chi connectivity index (χ0v) is 12.0. The van der Waals surface area contributed by atoms with E-state index in [9.17, 15) is 4.79 Å². The zero-order chi connectivity index (χ0) is 13.4. The molecular formula is C14H27NO3. The van der Waals surface area contributed by atoms with Crippen LogP contribution in [-0.4, -0.2) is 37.9 Å². The topological polar surface area (TPSA) is 47.6 Å². The molecule has 0 aromatic carbocycles. The van der Waals surface area contributed by atoms with Crippen LogP contribution >= 0.6 is 0 Å². The van der Waals surface area contributed by atoms with E-state index in [2.05, 4.69) is 5.32 Å². The molecule has 1 atom stereocenters. The second-order valence-corrected chi connectivity index (χ2v) is 5.22. The van der Waals surface area contributed by atoms with Crippen LogP contribution in [0.15, 0.2) is 0 Å². The third-order valence-corrected chi connectivity index (χ3v) is 3.58. The molecule has 1 unspecified atom stereocenters. The normalized spacial score (nSPS) is 19.1. The van der Waals surface area contributed by atoms with E-state index in [0.29, 0.717) is 13.2 Å². The summed E-state index contributed by atoms with van der Waals surface area (Å²) in [5, 5.41) is 3.16. The lowest BCUT2D eigenvalue weighted by Crippen LogP contribution is -2.54. The van der Waals surface area contributed by atoms with E-state index in [1.54, 1.807) is 0 Å². The van der Waals surface area contributed by atoms with Crippen molar-refractivity contribution >= 4 is 5.97 Å². The maximum atomic E-state index is 11.9. The predicted molar refractivity (Wildman–Crippen MR) is 71.5 cm³/mol. The molecule has 106 valence electrons. The second kappa shape index (κ2) is 7.74. The number of rotatable bonds is 9. The summed E-state index contributed by atoms with van der Waals surface area (Å²) in [5.41, 5.74) is -0.718. The van der Waals surface area contributed by atoms with Gasteiger partial charge in [0.05, 0.1) is 13.2 Å². The Hall–Kier alpha value is -0.610. The van der Waals surface area contributed by atoms with Crippen molar-refractivity contribution in [1.29, 1.82) is 0 Å². The van der Waals surface area contributed by atoms with Crippen LogP contribution in [0.1, 0.15) is 46.5 Å². The summed E-state index contributed by atoms with van der Waals surface area (Å²) in [6.07, 6.45) is 5.16. The molecule has 4 heteroatoms. The van der Waals surface area contributed by atoms with Crippen LogP contribution in [-0.2, 0) is 14.3 Å². The van der Waals surface area contributed by atoms with Gasteiger partial charge in [-0.15, -0.1) is 0 Å². The highest BCUT2D eigenvalue weighted by Gasteiger charge is 2.34. The van der Waals surface area contributed by atoms with Crippen molar-refractivity contribution in [3.63, 3.8) is 0 Å². The Balaban J connectivity index is 2.28. The maximum Gasteiger partial charge on any atom is 0.328 e. The quantitative estimate of drug-likeness (QED) is 0.508. The van der Waals surface area contributed by atoms with Gasteiger partial charge in [0.25, 0.3) is 0 Å². The minimum absolute atomic E-state index is 0.226. The van der Waals surface area contributed by atoms with E-state index in [-0.39, 0.29) is 5.97 Å². The molecule has 1 fully saturated rings. The van der Waals surface area contributed by atoms with E-state index in [1.807, 2.05) is 20.8 Å². The fourth-order valence-corrected chi connectivity index (χ4v) is 2.17. The molecule has 1 aliphatic rings. The third kappa shape index (κ3) is 4.58. The molecular weight excluding hydrogens is 230 g/mol. The van der Waals surface area contributed by atoms with Crippen molar-refractivity contribution < 1.29 is 14.3 Å². The first-order valence-electron chi connectivity index (χ1n) is 7.12. The van der Waals surface area contributed by atoms with Gasteiger partial charge in [-0.05, 0) is 32.7 Å². The average Bonchev–Trinajstić information content (AvgIpc) is 2.27. The molecule has 0 aliphatic heterocycles. The smallest absolute Gasteiger partial charge is 0.328 e. The van der Waals surface area contributed by atoms with Crippen molar-refractivity contribution in [2.45, 2.75) is 52.0 Å². The number of hydrogen-bond donors (Lipinski definition) is 1. The Morgan fingerprint density at radius 3 is 2.61 bits per heavy atom. The summed E-state index contributed by atoms with van der Waals surface area (Å²) in [6.45, 7) is 7.89. The molecule has 4 nitrogen and oxygen atoms in total. The van der Waals surface area contributed by atoms with Crippen molar-refractivity contribution in [1.82, 2.24) is 5.32 Å². The van der Waals surface area contributed by atoms with E-state index < -0.39 is 5.54 Å². The SMILES string of the molecule is CCNC(C)(COCCC1CCC1)C(=O)OCC. The highest BCUT2D eigenvalue weighted by Crippen LogP contribution is 2.29. The molecule has 0 saturated heterocycles. The molecule has 18 heavy (non-hydrogen) atoms. The van der Waals surface area contributed by atoms with Gasteiger partial charge in [-0.25, -0.2) is 4.79 Å².